The molecule has 1 aliphatic heterocycles. The van der Waals surface area contributed by atoms with Crippen LogP contribution in [0.2, 0.25) is 0 Å². The first-order chi connectivity index (χ1) is 9.79. The molecule has 1 aliphatic rings. The molecule has 3 rings (SSSR count). The Morgan fingerprint density at radius 2 is 2.00 bits per heavy atom. The van der Waals surface area contributed by atoms with Gasteiger partial charge in [0.05, 0.1) is 11.7 Å². The van der Waals surface area contributed by atoms with E-state index in [0.717, 1.165) is 42.1 Å². The van der Waals surface area contributed by atoms with Crippen LogP contribution in [0.3, 0.4) is 0 Å². The summed E-state index contributed by atoms with van der Waals surface area (Å²) in [6, 6.07) is 3.96. The zero-order valence-corrected chi connectivity index (χ0v) is 12.3. The number of nitrogens with two attached hydrogens (primary N) is 1. The fraction of sp³-hybridized carbons (Fsp3) is 0.429. The molecule has 20 heavy (non-hydrogen) atoms. The van der Waals surface area contributed by atoms with Crippen molar-refractivity contribution in [2.75, 3.05) is 30.8 Å². The van der Waals surface area contributed by atoms with Gasteiger partial charge in [-0.25, -0.2) is 0 Å². The van der Waals surface area contributed by atoms with Gasteiger partial charge < -0.3 is 15.4 Å². The van der Waals surface area contributed by atoms with Crippen LogP contribution in [0.25, 0.3) is 11.1 Å². The first kappa shape index (κ1) is 13.3. The molecule has 0 spiro atoms. The van der Waals surface area contributed by atoms with Crippen molar-refractivity contribution in [3.05, 3.63) is 24.5 Å². The number of pyridine rings is 1. The second-order valence-corrected chi connectivity index (χ2v) is 5.66. The largest absolute Gasteiger partial charge is 0.382 e. The maximum Gasteiger partial charge on any atom is 0.147 e. The number of nitrogen functional groups attached to an aromatic ring is 1. The van der Waals surface area contributed by atoms with Crippen molar-refractivity contribution in [1.29, 1.82) is 0 Å². The van der Waals surface area contributed by atoms with E-state index in [1.807, 2.05) is 12.1 Å². The molecule has 106 valence electrons. The van der Waals surface area contributed by atoms with E-state index in [0.29, 0.717) is 11.9 Å². The van der Waals surface area contributed by atoms with Gasteiger partial charge in [0.1, 0.15) is 10.8 Å². The van der Waals surface area contributed by atoms with E-state index < -0.39 is 0 Å². The summed E-state index contributed by atoms with van der Waals surface area (Å²) in [5.74, 6) is 0.602. The van der Waals surface area contributed by atoms with Gasteiger partial charge in [-0.3, -0.25) is 4.98 Å². The number of ether oxygens (including phenoxy) is 1. The van der Waals surface area contributed by atoms with Crippen LogP contribution in [0, 0.1) is 0 Å². The highest BCUT2D eigenvalue weighted by Gasteiger charge is 2.24. The second-order valence-electron chi connectivity index (χ2n) is 4.91. The van der Waals surface area contributed by atoms with Gasteiger partial charge in [-0.15, -0.1) is 0 Å². The molecule has 6 heteroatoms. The minimum atomic E-state index is 0.376. The Balaban J connectivity index is 1.88. The molecule has 0 aliphatic carbocycles. The fourth-order valence-electron chi connectivity index (χ4n) is 2.59. The van der Waals surface area contributed by atoms with Crippen molar-refractivity contribution >= 4 is 22.4 Å². The molecule has 2 aromatic heterocycles. The average Bonchev–Trinajstić information content (AvgIpc) is 2.90. The molecule has 0 unspecified atom stereocenters. The maximum atomic E-state index is 6.06. The standard InChI is InChI=1S/C14H18N4OS/c1-19-11-4-8-18(9-5-11)14-12(13(15)17-20-14)10-2-6-16-7-3-10/h2-3,6-7,11H,4-5,8-9H2,1H3,(H2,15,17). The third-order valence-corrected chi connectivity index (χ3v) is 4.66. The molecule has 0 radical (unpaired) electrons. The number of nitrogens with zero attached hydrogens (tertiary/aromatic N) is 3. The summed E-state index contributed by atoms with van der Waals surface area (Å²) in [4.78, 5) is 6.42. The van der Waals surface area contributed by atoms with Gasteiger partial charge in [-0.2, -0.15) is 4.37 Å². The third-order valence-electron chi connectivity index (χ3n) is 3.73. The summed E-state index contributed by atoms with van der Waals surface area (Å²) >= 11 is 1.48. The van der Waals surface area contributed by atoms with E-state index in [1.54, 1.807) is 19.5 Å². The van der Waals surface area contributed by atoms with Crippen LogP contribution in [-0.2, 0) is 4.74 Å². The summed E-state index contributed by atoms with van der Waals surface area (Å²) < 4.78 is 9.76. The van der Waals surface area contributed by atoms with Gasteiger partial charge in [-0.1, -0.05) is 0 Å². The number of methoxy groups -OCH3 is 1. The monoisotopic (exact) mass is 290 g/mol. The number of piperidine rings is 1. The molecule has 1 saturated heterocycles. The molecule has 2 aromatic rings. The van der Waals surface area contributed by atoms with E-state index in [2.05, 4.69) is 14.3 Å². The van der Waals surface area contributed by atoms with E-state index in [1.165, 1.54) is 11.5 Å². The van der Waals surface area contributed by atoms with Crippen LogP contribution in [0.4, 0.5) is 10.8 Å². The molecule has 2 N–H and O–H groups in total. The van der Waals surface area contributed by atoms with Gasteiger partial charge in [-0.05, 0) is 42.1 Å². The van der Waals surface area contributed by atoms with Gasteiger partial charge >= 0.3 is 0 Å². The van der Waals surface area contributed by atoms with Crippen LogP contribution >= 0.6 is 11.5 Å². The average molecular weight is 290 g/mol. The highest BCUT2D eigenvalue weighted by molar-refractivity contribution is 7.11. The molecule has 0 aromatic carbocycles. The Bertz CT molecular complexity index is 564. The summed E-state index contributed by atoms with van der Waals surface area (Å²) in [6.45, 7) is 1.97. The molecule has 5 nitrogen and oxygen atoms in total. The highest BCUT2D eigenvalue weighted by Crippen LogP contribution is 2.40. The lowest BCUT2D eigenvalue weighted by Crippen LogP contribution is -2.36. The minimum Gasteiger partial charge on any atom is -0.382 e. The normalized spacial score (nSPS) is 16.6. The molecule has 0 bridgehead atoms. The minimum absolute atomic E-state index is 0.376. The second kappa shape index (κ2) is 5.76. The van der Waals surface area contributed by atoms with E-state index >= 15 is 0 Å². The third kappa shape index (κ3) is 2.48. The van der Waals surface area contributed by atoms with Crippen molar-refractivity contribution < 1.29 is 4.74 Å². The summed E-state index contributed by atoms with van der Waals surface area (Å²) in [5, 5.41) is 1.16. The van der Waals surface area contributed by atoms with Gasteiger partial charge in [0.15, 0.2) is 0 Å². The molecule has 3 heterocycles. The molecular formula is C14H18N4OS. The molecule has 0 saturated carbocycles. The zero-order chi connectivity index (χ0) is 13.9. The lowest BCUT2D eigenvalue weighted by Gasteiger charge is -2.32. The number of hydrogen-bond acceptors (Lipinski definition) is 6. The Kier molecular flexibility index (Phi) is 3.84. The molecule has 0 atom stereocenters. The first-order valence-corrected chi connectivity index (χ1v) is 7.50. The number of anilines is 2. The smallest absolute Gasteiger partial charge is 0.147 e. The lowest BCUT2D eigenvalue weighted by molar-refractivity contribution is 0.0820. The quantitative estimate of drug-likeness (QED) is 0.940. The first-order valence-electron chi connectivity index (χ1n) is 6.73. The van der Waals surface area contributed by atoms with Crippen molar-refractivity contribution in [3.8, 4) is 11.1 Å². The highest BCUT2D eigenvalue weighted by atomic mass is 32.1. The lowest BCUT2D eigenvalue weighted by atomic mass is 10.1. The van der Waals surface area contributed by atoms with Gasteiger partial charge in [0, 0.05) is 32.6 Å². The topological polar surface area (TPSA) is 64.3 Å². The van der Waals surface area contributed by atoms with E-state index in [4.69, 9.17) is 10.5 Å². The van der Waals surface area contributed by atoms with Gasteiger partial charge in [0.2, 0.25) is 0 Å². The van der Waals surface area contributed by atoms with Crippen molar-refractivity contribution in [3.63, 3.8) is 0 Å². The molecular weight excluding hydrogens is 272 g/mol. The summed E-state index contributed by atoms with van der Waals surface area (Å²) in [5.41, 5.74) is 8.18. The Labute approximate surface area is 122 Å². The predicted octanol–water partition coefficient (Wildman–Crippen LogP) is 2.40. The predicted molar refractivity (Wildman–Crippen MR) is 82.0 cm³/mol. The summed E-state index contributed by atoms with van der Waals surface area (Å²) in [7, 11) is 1.79. The Hall–Kier alpha value is -1.66. The number of aromatic nitrogens is 2. The SMILES string of the molecule is COC1CCN(c2snc(N)c2-c2ccncc2)CC1. The summed E-state index contributed by atoms with van der Waals surface area (Å²) in [6.07, 6.45) is 6.04. The Morgan fingerprint density at radius 3 is 2.65 bits per heavy atom. The fourth-order valence-corrected chi connectivity index (χ4v) is 3.48. The number of hydrogen-bond donors (Lipinski definition) is 1. The maximum absolute atomic E-state index is 6.06. The van der Waals surface area contributed by atoms with Crippen LogP contribution < -0.4 is 10.6 Å². The van der Waals surface area contributed by atoms with E-state index in [-0.39, 0.29) is 0 Å². The Morgan fingerprint density at radius 1 is 1.30 bits per heavy atom. The van der Waals surface area contributed by atoms with Crippen molar-refractivity contribution in [1.82, 2.24) is 9.36 Å². The molecule has 0 amide bonds. The van der Waals surface area contributed by atoms with E-state index in [9.17, 15) is 0 Å². The van der Waals surface area contributed by atoms with Crippen molar-refractivity contribution in [2.45, 2.75) is 18.9 Å². The van der Waals surface area contributed by atoms with Crippen LogP contribution in [-0.4, -0.2) is 35.7 Å². The van der Waals surface area contributed by atoms with Crippen LogP contribution in [0.15, 0.2) is 24.5 Å². The van der Waals surface area contributed by atoms with Crippen LogP contribution in [0.5, 0.6) is 0 Å². The number of rotatable bonds is 3. The van der Waals surface area contributed by atoms with Gasteiger partial charge in [0.25, 0.3) is 0 Å². The van der Waals surface area contributed by atoms with Crippen LogP contribution in [0.1, 0.15) is 12.8 Å². The van der Waals surface area contributed by atoms with Crippen molar-refractivity contribution in [2.24, 2.45) is 0 Å². The zero-order valence-electron chi connectivity index (χ0n) is 11.5. The molecule has 1 fully saturated rings.